The minimum Gasteiger partial charge on any atom is -0.497 e. The van der Waals surface area contributed by atoms with Crippen molar-refractivity contribution in [2.75, 3.05) is 13.7 Å². The Kier molecular flexibility index (Phi) is 3.28. The topological polar surface area (TPSA) is 55.5 Å². The van der Waals surface area contributed by atoms with Crippen LogP contribution in [-0.4, -0.2) is 18.8 Å². The van der Waals surface area contributed by atoms with E-state index in [1.165, 1.54) is 0 Å². The summed E-state index contributed by atoms with van der Waals surface area (Å²) in [5.74, 6) is 0.797. The molecule has 1 atom stereocenters. The molecule has 0 aromatic heterocycles. The van der Waals surface area contributed by atoms with Gasteiger partial charge in [0, 0.05) is 6.54 Å². The molecule has 0 amide bonds. The fourth-order valence-electron chi connectivity index (χ4n) is 1.28. The highest BCUT2D eigenvalue weighted by molar-refractivity contribution is 5.36. The first kappa shape index (κ1) is 10.0. The zero-order valence-electron chi connectivity index (χ0n) is 7.95. The molecule has 0 aliphatic heterocycles. The maximum atomic E-state index is 9.51. The average molecular weight is 181 g/mol. The molecule has 1 rings (SSSR count). The molecule has 72 valence electrons. The third kappa shape index (κ3) is 2.20. The van der Waals surface area contributed by atoms with Crippen LogP contribution in [0.1, 0.15) is 17.2 Å². The summed E-state index contributed by atoms with van der Waals surface area (Å²) in [5, 5.41) is 9.51. The SMILES string of the molecule is COc1ccc([C@H](O)CN)c(C)c1. The predicted molar refractivity (Wildman–Crippen MR) is 51.7 cm³/mol. The van der Waals surface area contributed by atoms with Gasteiger partial charge in [0.1, 0.15) is 5.75 Å². The highest BCUT2D eigenvalue weighted by atomic mass is 16.5. The molecule has 1 aromatic rings. The normalized spacial score (nSPS) is 12.6. The number of methoxy groups -OCH3 is 1. The number of rotatable bonds is 3. The van der Waals surface area contributed by atoms with Crippen LogP contribution in [0.2, 0.25) is 0 Å². The monoisotopic (exact) mass is 181 g/mol. The molecule has 1 aromatic carbocycles. The molecule has 0 heterocycles. The second-order valence-electron chi connectivity index (χ2n) is 2.97. The molecule has 3 N–H and O–H groups in total. The molecule has 0 spiro atoms. The van der Waals surface area contributed by atoms with E-state index in [0.717, 1.165) is 16.9 Å². The van der Waals surface area contributed by atoms with Gasteiger partial charge in [0.2, 0.25) is 0 Å². The second-order valence-corrected chi connectivity index (χ2v) is 2.97. The first-order chi connectivity index (χ1) is 6.19. The van der Waals surface area contributed by atoms with Crippen molar-refractivity contribution in [1.29, 1.82) is 0 Å². The summed E-state index contributed by atoms with van der Waals surface area (Å²) in [6.07, 6.45) is -0.578. The Morgan fingerprint density at radius 1 is 1.54 bits per heavy atom. The van der Waals surface area contributed by atoms with Gasteiger partial charge in [0.25, 0.3) is 0 Å². The Morgan fingerprint density at radius 3 is 2.69 bits per heavy atom. The number of benzene rings is 1. The molecule has 0 unspecified atom stereocenters. The summed E-state index contributed by atoms with van der Waals surface area (Å²) in [6, 6.07) is 5.54. The van der Waals surface area contributed by atoms with Gasteiger partial charge in [-0.3, -0.25) is 0 Å². The van der Waals surface area contributed by atoms with Gasteiger partial charge in [-0.25, -0.2) is 0 Å². The first-order valence-corrected chi connectivity index (χ1v) is 4.21. The molecule has 0 bridgehead atoms. The summed E-state index contributed by atoms with van der Waals surface area (Å²) >= 11 is 0. The largest absolute Gasteiger partial charge is 0.497 e. The lowest BCUT2D eigenvalue weighted by molar-refractivity contribution is 0.186. The molecule has 0 saturated carbocycles. The van der Waals surface area contributed by atoms with E-state index in [1.807, 2.05) is 25.1 Å². The van der Waals surface area contributed by atoms with E-state index in [-0.39, 0.29) is 6.54 Å². The van der Waals surface area contributed by atoms with Gasteiger partial charge < -0.3 is 15.6 Å². The van der Waals surface area contributed by atoms with E-state index in [1.54, 1.807) is 7.11 Å². The van der Waals surface area contributed by atoms with Crippen LogP contribution < -0.4 is 10.5 Å². The van der Waals surface area contributed by atoms with Crippen molar-refractivity contribution in [2.45, 2.75) is 13.0 Å². The molecule has 0 aliphatic carbocycles. The lowest BCUT2D eigenvalue weighted by Gasteiger charge is -2.12. The zero-order chi connectivity index (χ0) is 9.84. The van der Waals surface area contributed by atoms with Crippen LogP contribution in [0.25, 0.3) is 0 Å². The molecule has 13 heavy (non-hydrogen) atoms. The smallest absolute Gasteiger partial charge is 0.119 e. The Balaban J connectivity index is 2.98. The van der Waals surface area contributed by atoms with E-state index in [0.29, 0.717) is 0 Å². The van der Waals surface area contributed by atoms with Crippen molar-refractivity contribution < 1.29 is 9.84 Å². The third-order valence-corrected chi connectivity index (χ3v) is 2.06. The van der Waals surface area contributed by atoms with Gasteiger partial charge in [0.15, 0.2) is 0 Å². The van der Waals surface area contributed by atoms with Gasteiger partial charge >= 0.3 is 0 Å². The summed E-state index contributed by atoms with van der Waals surface area (Å²) in [5.41, 5.74) is 7.22. The Hall–Kier alpha value is -1.06. The molecular weight excluding hydrogens is 166 g/mol. The van der Waals surface area contributed by atoms with Crippen LogP contribution in [0.4, 0.5) is 0 Å². The number of aryl methyl sites for hydroxylation is 1. The fourth-order valence-corrected chi connectivity index (χ4v) is 1.28. The van der Waals surface area contributed by atoms with Gasteiger partial charge in [-0.05, 0) is 30.2 Å². The van der Waals surface area contributed by atoms with Crippen LogP contribution in [0.5, 0.6) is 5.75 Å². The summed E-state index contributed by atoms with van der Waals surface area (Å²) < 4.78 is 5.05. The highest BCUT2D eigenvalue weighted by Crippen LogP contribution is 2.21. The molecule has 0 fully saturated rings. The van der Waals surface area contributed by atoms with Gasteiger partial charge in [-0.2, -0.15) is 0 Å². The van der Waals surface area contributed by atoms with Crippen LogP contribution in [-0.2, 0) is 0 Å². The van der Waals surface area contributed by atoms with Crippen LogP contribution in [0.3, 0.4) is 0 Å². The van der Waals surface area contributed by atoms with Crippen LogP contribution in [0.15, 0.2) is 18.2 Å². The lowest BCUT2D eigenvalue weighted by Crippen LogP contribution is -2.12. The molecule has 0 aliphatic rings. The van der Waals surface area contributed by atoms with Crippen LogP contribution >= 0.6 is 0 Å². The van der Waals surface area contributed by atoms with E-state index in [4.69, 9.17) is 10.5 Å². The zero-order valence-corrected chi connectivity index (χ0v) is 7.95. The molecular formula is C10H15NO2. The summed E-state index contributed by atoms with van der Waals surface area (Å²) in [4.78, 5) is 0. The second kappa shape index (κ2) is 4.25. The van der Waals surface area contributed by atoms with E-state index < -0.39 is 6.10 Å². The number of hydrogen-bond acceptors (Lipinski definition) is 3. The Morgan fingerprint density at radius 2 is 2.23 bits per heavy atom. The van der Waals surface area contributed by atoms with Crippen molar-refractivity contribution >= 4 is 0 Å². The van der Waals surface area contributed by atoms with Crippen molar-refractivity contribution in [3.63, 3.8) is 0 Å². The van der Waals surface area contributed by atoms with E-state index in [9.17, 15) is 5.11 Å². The van der Waals surface area contributed by atoms with Gasteiger partial charge in [0.05, 0.1) is 13.2 Å². The number of hydrogen-bond donors (Lipinski definition) is 2. The quantitative estimate of drug-likeness (QED) is 0.731. The predicted octanol–water partition coefficient (Wildman–Crippen LogP) is 0.996. The van der Waals surface area contributed by atoms with Crippen molar-refractivity contribution in [1.82, 2.24) is 0 Å². The minimum atomic E-state index is -0.578. The van der Waals surface area contributed by atoms with E-state index in [2.05, 4.69) is 0 Å². The minimum absolute atomic E-state index is 0.243. The van der Waals surface area contributed by atoms with Crippen molar-refractivity contribution in [3.05, 3.63) is 29.3 Å². The van der Waals surface area contributed by atoms with E-state index >= 15 is 0 Å². The maximum absolute atomic E-state index is 9.51. The Labute approximate surface area is 78.1 Å². The third-order valence-electron chi connectivity index (χ3n) is 2.06. The molecule has 0 saturated heterocycles. The first-order valence-electron chi connectivity index (χ1n) is 4.21. The lowest BCUT2D eigenvalue weighted by atomic mass is 10.0. The standard InChI is InChI=1S/C10H15NO2/c1-7-5-8(13-2)3-4-9(7)10(12)6-11/h3-5,10,12H,6,11H2,1-2H3/t10-/m1/s1. The molecule has 3 nitrogen and oxygen atoms in total. The van der Waals surface area contributed by atoms with Crippen LogP contribution in [0, 0.1) is 6.92 Å². The highest BCUT2D eigenvalue weighted by Gasteiger charge is 2.08. The van der Waals surface area contributed by atoms with Gasteiger partial charge in [-0.1, -0.05) is 6.07 Å². The average Bonchev–Trinajstić information content (AvgIpc) is 2.16. The number of aliphatic hydroxyl groups is 1. The molecule has 0 radical (unpaired) electrons. The summed E-state index contributed by atoms with van der Waals surface area (Å²) in [7, 11) is 1.62. The molecule has 3 heteroatoms. The van der Waals surface area contributed by atoms with Crippen molar-refractivity contribution in [3.8, 4) is 5.75 Å². The number of nitrogens with two attached hydrogens (primary N) is 1. The van der Waals surface area contributed by atoms with Crippen molar-refractivity contribution in [2.24, 2.45) is 5.73 Å². The van der Waals surface area contributed by atoms with Gasteiger partial charge in [-0.15, -0.1) is 0 Å². The fraction of sp³-hybridized carbons (Fsp3) is 0.400. The Bertz CT molecular complexity index is 286. The number of ether oxygens (including phenoxy) is 1. The maximum Gasteiger partial charge on any atom is 0.119 e. The summed E-state index contributed by atoms with van der Waals surface area (Å²) in [6.45, 7) is 2.17. The number of aliphatic hydroxyl groups excluding tert-OH is 1.